The SMILES string of the molecule is O=C(Nc1nn(Cc2ccc(Br)cc2)cc1Br)c1cc(COc2ccc(Cl)cc2)cs1. The van der Waals surface area contributed by atoms with E-state index in [-0.39, 0.29) is 5.91 Å². The van der Waals surface area contributed by atoms with Gasteiger partial charge in [-0.25, -0.2) is 0 Å². The highest BCUT2D eigenvalue weighted by atomic mass is 79.9. The molecule has 2 heterocycles. The maximum atomic E-state index is 12.7. The third-order valence-corrected chi connectivity index (χ3v) is 6.64. The third-order valence-electron chi connectivity index (χ3n) is 4.30. The Bertz CT molecular complexity index is 1190. The van der Waals surface area contributed by atoms with E-state index in [9.17, 15) is 4.79 Å². The van der Waals surface area contributed by atoms with Gasteiger partial charge in [-0.3, -0.25) is 9.48 Å². The van der Waals surface area contributed by atoms with E-state index >= 15 is 0 Å². The summed E-state index contributed by atoms with van der Waals surface area (Å²) in [5.41, 5.74) is 2.03. The fourth-order valence-corrected chi connectivity index (χ4v) is 4.37. The van der Waals surface area contributed by atoms with Gasteiger partial charge < -0.3 is 10.1 Å². The minimum atomic E-state index is -0.211. The normalized spacial score (nSPS) is 10.8. The second kappa shape index (κ2) is 9.99. The molecule has 0 aliphatic rings. The van der Waals surface area contributed by atoms with Gasteiger partial charge in [0.25, 0.3) is 5.91 Å². The summed E-state index contributed by atoms with van der Waals surface area (Å²) in [5.74, 6) is 0.994. The number of hydrogen-bond donors (Lipinski definition) is 1. The number of amides is 1. The molecule has 9 heteroatoms. The van der Waals surface area contributed by atoms with Gasteiger partial charge in [0.1, 0.15) is 12.4 Å². The summed E-state index contributed by atoms with van der Waals surface area (Å²) in [5, 5.41) is 9.91. The molecule has 0 bridgehead atoms. The van der Waals surface area contributed by atoms with Crippen LogP contribution < -0.4 is 10.1 Å². The zero-order valence-corrected chi connectivity index (χ0v) is 20.8. The third kappa shape index (κ3) is 5.98. The van der Waals surface area contributed by atoms with E-state index in [0.717, 1.165) is 25.8 Å². The summed E-state index contributed by atoms with van der Waals surface area (Å²) in [7, 11) is 0. The highest BCUT2D eigenvalue weighted by Gasteiger charge is 2.14. The van der Waals surface area contributed by atoms with Gasteiger partial charge in [-0.05, 0) is 69.3 Å². The second-order valence-electron chi connectivity index (χ2n) is 6.67. The number of rotatable bonds is 7. The monoisotopic (exact) mass is 579 g/mol. The first kappa shape index (κ1) is 22.1. The first-order chi connectivity index (χ1) is 15.0. The minimum Gasteiger partial charge on any atom is -0.489 e. The number of nitrogens with zero attached hydrogens (tertiary/aromatic N) is 2. The van der Waals surface area contributed by atoms with Gasteiger partial charge in [-0.2, -0.15) is 5.10 Å². The summed E-state index contributed by atoms with van der Waals surface area (Å²) >= 11 is 14.2. The van der Waals surface area contributed by atoms with E-state index in [1.165, 1.54) is 11.3 Å². The molecule has 4 rings (SSSR count). The predicted molar refractivity (Wildman–Crippen MR) is 131 cm³/mol. The Balaban J connectivity index is 1.36. The quantitative estimate of drug-likeness (QED) is 0.256. The molecule has 158 valence electrons. The second-order valence-corrected chi connectivity index (χ2v) is 9.78. The van der Waals surface area contributed by atoms with Crippen LogP contribution in [0.15, 0.2) is 75.1 Å². The summed E-state index contributed by atoms with van der Waals surface area (Å²) in [6.07, 6.45) is 1.84. The van der Waals surface area contributed by atoms with E-state index in [2.05, 4.69) is 42.3 Å². The van der Waals surface area contributed by atoms with E-state index < -0.39 is 0 Å². The molecule has 0 radical (unpaired) electrons. The molecule has 0 saturated carbocycles. The molecular formula is C22H16Br2ClN3O2S. The van der Waals surface area contributed by atoms with Gasteiger partial charge >= 0.3 is 0 Å². The number of hydrogen-bond acceptors (Lipinski definition) is 4. The van der Waals surface area contributed by atoms with Gasteiger partial charge in [-0.1, -0.05) is 39.7 Å². The predicted octanol–water partition coefficient (Wildman–Crippen LogP) is 7.00. The van der Waals surface area contributed by atoms with Crippen molar-refractivity contribution in [2.75, 3.05) is 5.32 Å². The van der Waals surface area contributed by atoms with Crippen LogP contribution in [0.25, 0.3) is 0 Å². The molecule has 1 N–H and O–H groups in total. The van der Waals surface area contributed by atoms with Crippen molar-refractivity contribution >= 4 is 66.5 Å². The van der Waals surface area contributed by atoms with Gasteiger partial charge in [0.15, 0.2) is 5.82 Å². The van der Waals surface area contributed by atoms with Crippen molar-refractivity contribution in [1.82, 2.24) is 9.78 Å². The lowest BCUT2D eigenvalue weighted by molar-refractivity contribution is 0.103. The van der Waals surface area contributed by atoms with Crippen molar-refractivity contribution in [2.45, 2.75) is 13.2 Å². The average molecular weight is 582 g/mol. The van der Waals surface area contributed by atoms with Crippen LogP contribution in [0.1, 0.15) is 20.8 Å². The Morgan fingerprint density at radius 3 is 2.58 bits per heavy atom. The standard InChI is InChI=1S/C22H16Br2ClN3O2S/c23-16-3-1-14(2-4-16)10-28-11-19(24)21(27-28)26-22(29)20-9-15(13-31-20)12-30-18-7-5-17(25)6-8-18/h1-9,11,13H,10,12H2,(H,26,27,29). The molecule has 2 aromatic heterocycles. The molecule has 0 atom stereocenters. The lowest BCUT2D eigenvalue weighted by Gasteiger charge is -2.04. The van der Waals surface area contributed by atoms with Crippen molar-refractivity contribution in [3.05, 3.63) is 96.1 Å². The molecule has 0 aliphatic heterocycles. The average Bonchev–Trinajstić information content (AvgIpc) is 3.36. The van der Waals surface area contributed by atoms with Crippen molar-refractivity contribution in [3.63, 3.8) is 0 Å². The molecule has 2 aromatic carbocycles. The van der Waals surface area contributed by atoms with Crippen LogP contribution in [0.4, 0.5) is 5.82 Å². The number of ether oxygens (including phenoxy) is 1. The number of thiophene rings is 1. The van der Waals surface area contributed by atoms with Crippen LogP contribution in [-0.4, -0.2) is 15.7 Å². The summed E-state index contributed by atoms with van der Waals surface area (Å²) in [4.78, 5) is 13.3. The number of anilines is 1. The van der Waals surface area contributed by atoms with Crippen LogP contribution in [0.5, 0.6) is 5.75 Å². The number of halogens is 3. The smallest absolute Gasteiger partial charge is 0.266 e. The fourth-order valence-electron chi connectivity index (χ4n) is 2.78. The van der Waals surface area contributed by atoms with Crippen LogP contribution in [0.3, 0.4) is 0 Å². The first-order valence-corrected chi connectivity index (χ1v) is 12.0. The molecule has 0 spiro atoms. The fraction of sp³-hybridized carbons (Fsp3) is 0.0909. The van der Waals surface area contributed by atoms with Crippen LogP contribution in [-0.2, 0) is 13.2 Å². The Hall–Kier alpha value is -2.13. The molecule has 5 nitrogen and oxygen atoms in total. The molecule has 4 aromatic rings. The van der Waals surface area contributed by atoms with Crippen LogP contribution in [0.2, 0.25) is 5.02 Å². The highest BCUT2D eigenvalue weighted by Crippen LogP contribution is 2.24. The zero-order valence-electron chi connectivity index (χ0n) is 16.0. The van der Waals surface area contributed by atoms with Crippen molar-refractivity contribution in [2.24, 2.45) is 0 Å². The summed E-state index contributed by atoms with van der Waals surface area (Å²) in [6, 6.07) is 17.0. The number of aromatic nitrogens is 2. The van der Waals surface area contributed by atoms with Gasteiger partial charge in [0.2, 0.25) is 0 Å². The maximum Gasteiger partial charge on any atom is 0.266 e. The number of nitrogens with one attached hydrogen (secondary N) is 1. The largest absolute Gasteiger partial charge is 0.489 e. The Labute approximate surface area is 205 Å². The molecule has 0 aliphatic carbocycles. The molecule has 0 unspecified atom stereocenters. The van der Waals surface area contributed by atoms with E-state index in [4.69, 9.17) is 16.3 Å². The van der Waals surface area contributed by atoms with Crippen LogP contribution >= 0.6 is 54.8 Å². The van der Waals surface area contributed by atoms with Gasteiger partial charge in [0, 0.05) is 21.3 Å². The van der Waals surface area contributed by atoms with E-state index in [1.807, 2.05) is 54.0 Å². The van der Waals surface area contributed by atoms with Crippen molar-refractivity contribution < 1.29 is 9.53 Å². The highest BCUT2D eigenvalue weighted by molar-refractivity contribution is 9.10. The first-order valence-electron chi connectivity index (χ1n) is 9.21. The van der Waals surface area contributed by atoms with Gasteiger partial charge in [-0.15, -0.1) is 11.3 Å². The van der Waals surface area contributed by atoms with E-state index in [0.29, 0.717) is 28.9 Å². The summed E-state index contributed by atoms with van der Waals surface area (Å²) in [6.45, 7) is 0.976. The molecular weight excluding hydrogens is 566 g/mol. The van der Waals surface area contributed by atoms with Gasteiger partial charge in [0.05, 0.1) is 15.9 Å². The zero-order chi connectivity index (χ0) is 21.8. The summed E-state index contributed by atoms with van der Waals surface area (Å²) < 4.78 is 9.27. The Kier molecular flexibility index (Phi) is 7.12. The molecule has 1 amide bonds. The van der Waals surface area contributed by atoms with Crippen molar-refractivity contribution in [3.8, 4) is 5.75 Å². The number of carbonyl (C=O) groups excluding carboxylic acids is 1. The Morgan fingerprint density at radius 2 is 1.84 bits per heavy atom. The lowest BCUT2D eigenvalue weighted by Crippen LogP contribution is -2.11. The minimum absolute atomic E-state index is 0.211. The Morgan fingerprint density at radius 1 is 1.10 bits per heavy atom. The topological polar surface area (TPSA) is 56.2 Å². The number of benzene rings is 2. The van der Waals surface area contributed by atoms with Crippen molar-refractivity contribution in [1.29, 1.82) is 0 Å². The lowest BCUT2D eigenvalue weighted by atomic mass is 10.2. The molecule has 0 saturated heterocycles. The number of carbonyl (C=O) groups is 1. The van der Waals surface area contributed by atoms with Crippen LogP contribution in [0, 0.1) is 0 Å². The maximum absolute atomic E-state index is 12.7. The molecule has 31 heavy (non-hydrogen) atoms. The van der Waals surface area contributed by atoms with E-state index in [1.54, 1.807) is 16.8 Å². The molecule has 0 fully saturated rings.